The van der Waals surface area contributed by atoms with Crippen molar-refractivity contribution in [1.82, 2.24) is 0 Å². The fraction of sp³-hybridized carbons (Fsp3) is 0.923. The highest BCUT2D eigenvalue weighted by atomic mass is 16.7. The van der Waals surface area contributed by atoms with E-state index in [0.717, 1.165) is 64.2 Å². The van der Waals surface area contributed by atoms with E-state index in [0.29, 0.717) is 0 Å². The number of aliphatic hydroxyl groups is 2. The molecule has 0 aliphatic carbocycles. The third kappa shape index (κ3) is 10.6. The average molecular weight is 487 g/mol. The van der Waals surface area contributed by atoms with E-state index in [9.17, 15) is 19.8 Å². The van der Waals surface area contributed by atoms with Crippen LogP contribution in [-0.4, -0.2) is 65.6 Å². The second kappa shape index (κ2) is 16.5. The van der Waals surface area contributed by atoms with Gasteiger partial charge in [-0.2, -0.15) is 0 Å². The zero-order chi connectivity index (χ0) is 24.8. The summed E-state index contributed by atoms with van der Waals surface area (Å²) in [7, 11) is 0. The third-order valence-electron chi connectivity index (χ3n) is 6.73. The molecule has 6 unspecified atom stereocenters. The van der Waals surface area contributed by atoms with Gasteiger partial charge in [-0.3, -0.25) is 9.59 Å². The number of hydrogen-bond donors (Lipinski definition) is 2. The molecule has 8 heteroatoms. The van der Waals surface area contributed by atoms with Gasteiger partial charge in [-0.1, -0.05) is 77.6 Å². The number of ether oxygens (including phenoxy) is 4. The van der Waals surface area contributed by atoms with Crippen LogP contribution in [0.15, 0.2) is 0 Å². The zero-order valence-electron chi connectivity index (χ0n) is 21.1. The molecule has 0 bridgehead atoms. The molecule has 2 aliphatic rings. The molecular weight excluding hydrogens is 440 g/mol. The maximum absolute atomic E-state index is 12.5. The van der Waals surface area contributed by atoms with E-state index in [-0.39, 0.29) is 19.1 Å². The molecule has 0 saturated carbocycles. The number of carbonyl (C=O) groups is 2. The fourth-order valence-electron chi connectivity index (χ4n) is 4.66. The molecule has 0 amide bonds. The minimum atomic E-state index is -1.40. The number of hydrogen-bond acceptors (Lipinski definition) is 8. The van der Waals surface area contributed by atoms with Crippen LogP contribution in [0.5, 0.6) is 0 Å². The van der Waals surface area contributed by atoms with Gasteiger partial charge < -0.3 is 29.2 Å². The van der Waals surface area contributed by atoms with Crippen LogP contribution in [0.25, 0.3) is 0 Å². The predicted octanol–water partition coefficient (Wildman–Crippen LogP) is 4.18. The van der Waals surface area contributed by atoms with Crippen molar-refractivity contribution in [3.8, 4) is 0 Å². The monoisotopic (exact) mass is 486 g/mol. The number of unbranched alkanes of at least 4 members (excludes halogenated alkanes) is 3. The van der Waals surface area contributed by atoms with Crippen molar-refractivity contribution in [2.24, 2.45) is 0 Å². The van der Waals surface area contributed by atoms with Gasteiger partial charge in [0.2, 0.25) is 0 Å². The van der Waals surface area contributed by atoms with Crippen LogP contribution in [0.4, 0.5) is 0 Å². The van der Waals surface area contributed by atoms with Crippen LogP contribution < -0.4 is 0 Å². The lowest BCUT2D eigenvalue weighted by Gasteiger charge is -2.42. The third-order valence-corrected chi connectivity index (χ3v) is 6.73. The van der Waals surface area contributed by atoms with Crippen molar-refractivity contribution in [3.05, 3.63) is 0 Å². The van der Waals surface area contributed by atoms with Crippen LogP contribution >= 0.6 is 0 Å². The lowest BCUT2D eigenvalue weighted by molar-refractivity contribution is -0.315. The number of esters is 2. The molecule has 2 rings (SSSR count). The number of carbonyl (C=O) groups excluding carboxylic acids is 2. The smallest absolute Gasteiger partial charge is 0.306 e. The minimum absolute atomic E-state index is 0.104. The summed E-state index contributed by atoms with van der Waals surface area (Å²) in [5, 5.41) is 21.4. The van der Waals surface area contributed by atoms with Gasteiger partial charge in [-0.25, -0.2) is 0 Å². The molecule has 2 heterocycles. The molecule has 0 aromatic rings. The summed E-state index contributed by atoms with van der Waals surface area (Å²) in [4.78, 5) is 23.8. The van der Waals surface area contributed by atoms with Crippen LogP contribution in [0.1, 0.15) is 110 Å². The Morgan fingerprint density at radius 1 is 0.941 bits per heavy atom. The predicted molar refractivity (Wildman–Crippen MR) is 127 cm³/mol. The summed E-state index contributed by atoms with van der Waals surface area (Å²) < 4.78 is 22.9. The molecule has 0 radical (unpaired) electrons. The van der Waals surface area contributed by atoms with Crippen molar-refractivity contribution in [2.75, 3.05) is 6.61 Å². The van der Waals surface area contributed by atoms with Crippen LogP contribution in [0, 0.1) is 0 Å². The van der Waals surface area contributed by atoms with Gasteiger partial charge in [0.05, 0.1) is 6.10 Å². The Labute approximate surface area is 204 Å². The molecule has 198 valence electrons. The van der Waals surface area contributed by atoms with Gasteiger partial charge in [-0.05, 0) is 19.3 Å². The van der Waals surface area contributed by atoms with E-state index >= 15 is 0 Å². The number of aliphatic hydroxyl groups excluding tert-OH is 2. The maximum Gasteiger partial charge on any atom is 0.306 e. The first-order valence-electron chi connectivity index (χ1n) is 13.4. The summed E-state index contributed by atoms with van der Waals surface area (Å²) in [6, 6.07) is 0. The molecule has 2 N–H and O–H groups in total. The Morgan fingerprint density at radius 3 is 2.29 bits per heavy atom. The van der Waals surface area contributed by atoms with Crippen molar-refractivity contribution in [1.29, 1.82) is 0 Å². The molecular formula is C26H46O8. The van der Waals surface area contributed by atoms with E-state index in [1.807, 2.05) is 0 Å². The first kappa shape index (κ1) is 29.0. The highest BCUT2D eigenvalue weighted by Gasteiger charge is 2.48. The number of fused-ring (bicyclic) bond motifs is 1. The van der Waals surface area contributed by atoms with Crippen LogP contribution in [-0.2, 0) is 28.5 Å². The Bertz CT molecular complexity index is 583. The van der Waals surface area contributed by atoms with Gasteiger partial charge in [-0.15, -0.1) is 0 Å². The van der Waals surface area contributed by atoms with Crippen molar-refractivity contribution in [3.63, 3.8) is 0 Å². The minimum Gasteiger partial charge on any atom is -0.463 e. The molecule has 34 heavy (non-hydrogen) atoms. The van der Waals surface area contributed by atoms with Gasteiger partial charge in [0.15, 0.2) is 12.4 Å². The zero-order valence-corrected chi connectivity index (χ0v) is 21.1. The quantitative estimate of drug-likeness (QED) is 0.407. The van der Waals surface area contributed by atoms with Crippen LogP contribution in [0.2, 0.25) is 0 Å². The standard InChI is InChI=1S/C26H46O8/c1-3-4-5-12-15-20-16-13-10-8-6-7-9-11-14-17-22(28)34-25-24(30)23(29)21(18-31-19(2)27)33-26(25)32-20/h20-21,23-26,29-30H,3-18H2,1-2H3. The first-order chi connectivity index (χ1) is 16.4. The van der Waals surface area contributed by atoms with Gasteiger partial charge in [0, 0.05) is 13.3 Å². The molecule has 2 fully saturated rings. The van der Waals surface area contributed by atoms with Gasteiger partial charge >= 0.3 is 11.9 Å². The highest BCUT2D eigenvalue weighted by Crippen LogP contribution is 2.29. The summed E-state index contributed by atoms with van der Waals surface area (Å²) >= 11 is 0. The molecule has 2 aliphatic heterocycles. The maximum atomic E-state index is 12.5. The summed E-state index contributed by atoms with van der Waals surface area (Å²) in [6.07, 6.45) is 8.99. The van der Waals surface area contributed by atoms with E-state index in [1.54, 1.807) is 0 Å². The largest absolute Gasteiger partial charge is 0.463 e. The molecule has 2 saturated heterocycles. The second-order valence-corrected chi connectivity index (χ2v) is 9.76. The van der Waals surface area contributed by atoms with E-state index in [4.69, 9.17) is 18.9 Å². The van der Waals surface area contributed by atoms with Gasteiger partial charge in [0.25, 0.3) is 0 Å². The lowest BCUT2D eigenvalue weighted by atomic mass is 9.98. The van der Waals surface area contributed by atoms with E-state index in [2.05, 4.69) is 6.92 Å². The summed E-state index contributed by atoms with van der Waals surface area (Å²) in [6.45, 7) is 3.23. The topological polar surface area (TPSA) is 112 Å². The Morgan fingerprint density at radius 2 is 1.62 bits per heavy atom. The summed E-state index contributed by atoms with van der Waals surface area (Å²) in [5.41, 5.74) is 0. The molecule has 6 atom stereocenters. The fourth-order valence-corrected chi connectivity index (χ4v) is 4.66. The average Bonchev–Trinajstić information content (AvgIpc) is 2.80. The number of rotatable bonds is 7. The second-order valence-electron chi connectivity index (χ2n) is 9.76. The van der Waals surface area contributed by atoms with Crippen molar-refractivity contribution >= 4 is 11.9 Å². The lowest BCUT2D eigenvalue weighted by Crippen LogP contribution is -2.61. The SMILES string of the molecule is CCCCCCC1CCCCCCCCCCC(=O)OC2C(O1)OC(COC(C)=O)C(O)C2O. The normalized spacial score (nSPS) is 32.4. The van der Waals surface area contributed by atoms with Crippen molar-refractivity contribution in [2.45, 2.75) is 147 Å². The molecule has 8 nitrogen and oxygen atoms in total. The summed E-state index contributed by atoms with van der Waals surface area (Å²) in [5.74, 6) is -0.940. The molecule has 0 aromatic carbocycles. The Kier molecular flexibility index (Phi) is 14.0. The Balaban J connectivity index is 2.15. The molecule has 0 spiro atoms. The van der Waals surface area contributed by atoms with Gasteiger partial charge in [0.1, 0.15) is 24.9 Å². The van der Waals surface area contributed by atoms with Crippen molar-refractivity contribution < 1.29 is 38.7 Å². The first-order valence-corrected chi connectivity index (χ1v) is 13.4. The molecule has 0 aromatic heterocycles. The highest BCUT2D eigenvalue weighted by molar-refractivity contribution is 5.69. The van der Waals surface area contributed by atoms with Crippen LogP contribution in [0.3, 0.4) is 0 Å². The van der Waals surface area contributed by atoms with E-state index < -0.39 is 42.6 Å². The Hall–Kier alpha value is -1.22. The van der Waals surface area contributed by atoms with E-state index in [1.165, 1.54) is 32.6 Å².